The maximum absolute atomic E-state index is 12.7. The van der Waals surface area contributed by atoms with Crippen molar-refractivity contribution < 1.29 is 14.3 Å². The van der Waals surface area contributed by atoms with Crippen molar-refractivity contribution in [2.75, 3.05) is 5.32 Å². The van der Waals surface area contributed by atoms with Gasteiger partial charge in [-0.3, -0.25) is 9.48 Å². The van der Waals surface area contributed by atoms with Crippen LogP contribution < -0.4 is 5.32 Å². The largest absolute Gasteiger partial charge is 0.449 e. The van der Waals surface area contributed by atoms with Crippen LogP contribution in [0.5, 0.6) is 0 Å². The smallest absolute Gasteiger partial charge is 0.340 e. The fraction of sp³-hybridized carbons (Fsp3) is 0.300. The van der Waals surface area contributed by atoms with Crippen LogP contribution in [0.3, 0.4) is 0 Å². The van der Waals surface area contributed by atoms with Crippen molar-refractivity contribution in [2.45, 2.75) is 37.5 Å². The van der Waals surface area contributed by atoms with E-state index in [1.54, 1.807) is 29.2 Å². The molecule has 0 saturated carbocycles. The average molecular weight is 431 g/mol. The van der Waals surface area contributed by atoms with E-state index in [-0.39, 0.29) is 0 Å². The Morgan fingerprint density at radius 3 is 2.72 bits per heavy atom. The molecule has 0 aliphatic heterocycles. The number of hydrogen-bond acceptors (Lipinski definition) is 7. The molecule has 7 nitrogen and oxygen atoms in total. The predicted molar refractivity (Wildman–Crippen MR) is 114 cm³/mol. The third-order valence-electron chi connectivity index (χ3n) is 4.38. The molecule has 0 bridgehead atoms. The first kappa shape index (κ1) is 21.1. The van der Waals surface area contributed by atoms with Crippen LogP contribution in [0.4, 0.5) is 5.69 Å². The molecule has 29 heavy (non-hydrogen) atoms. The van der Waals surface area contributed by atoms with Gasteiger partial charge < -0.3 is 10.1 Å². The summed E-state index contributed by atoms with van der Waals surface area (Å²) in [7, 11) is 1.81. The number of carbonyl (C=O) groups excluding carboxylic acids is 2. The van der Waals surface area contributed by atoms with Crippen molar-refractivity contribution in [1.82, 2.24) is 14.8 Å². The number of ether oxygens (including phenoxy) is 1. The van der Waals surface area contributed by atoms with E-state index < -0.39 is 18.0 Å². The number of nitrogens with zero attached hydrogens (tertiary/aromatic N) is 3. The van der Waals surface area contributed by atoms with E-state index in [0.717, 1.165) is 16.3 Å². The number of benzene rings is 1. The summed E-state index contributed by atoms with van der Waals surface area (Å²) in [5.41, 5.74) is 5.35. The second kappa shape index (κ2) is 9.23. The van der Waals surface area contributed by atoms with Crippen LogP contribution in [0.1, 0.15) is 34.4 Å². The van der Waals surface area contributed by atoms with Crippen molar-refractivity contribution >= 4 is 40.7 Å². The normalized spacial score (nSPS) is 11.9. The van der Waals surface area contributed by atoms with Crippen LogP contribution in [0, 0.1) is 13.8 Å². The van der Waals surface area contributed by atoms with Gasteiger partial charge >= 0.3 is 5.97 Å². The lowest BCUT2D eigenvalue weighted by Gasteiger charge is -2.15. The minimum Gasteiger partial charge on any atom is -0.449 e. The Bertz CT molecular complexity index is 1010. The maximum Gasteiger partial charge on any atom is 0.340 e. The maximum atomic E-state index is 12.7. The number of rotatable bonds is 7. The van der Waals surface area contributed by atoms with E-state index in [0.29, 0.717) is 22.7 Å². The molecule has 2 aromatic heterocycles. The number of aryl methyl sites for hydroxylation is 2. The molecule has 3 rings (SSSR count). The Morgan fingerprint density at radius 1 is 1.31 bits per heavy atom. The molecule has 1 amide bonds. The number of amides is 1. The zero-order chi connectivity index (χ0) is 21.0. The highest BCUT2D eigenvalue weighted by Gasteiger charge is 2.23. The fourth-order valence-electron chi connectivity index (χ4n) is 2.68. The number of carbonyl (C=O) groups is 2. The lowest BCUT2D eigenvalue weighted by Crippen LogP contribution is -2.30. The zero-order valence-electron chi connectivity index (χ0n) is 16.6. The van der Waals surface area contributed by atoms with E-state index in [1.165, 1.54) is 23.1 Å². The average Bonchev–Trinajstić information content (AvgIpc) is 3.30. The van der Waals surface area contributed by atoms with Gasteiger partial charge in [-0.25, -0.2) is 9.78 Å². The van der Waals surface area contributed by atoms with Crippen molar-refractivity contribution in [3.8, 4) is 0 Å². The molecule has 1 atom stereocenters. The Kier molecular flexibility index (Phi) is 6.71. The SMILES string of the molecule is Cc1nn(C)c(C)c1NC(=O)C(C)OC(=O)c1ccccc1SCc1cscn1. The van der Waals surface area contributed by atoms with E-state index in [9.17, 15) is 9.59 Å². The number of hydrogen-bond donors (Lipinski definition) is 1. The number of anilines is 1. The summed E-state index contributed by atoms with van der Waals surface area (Å²) >= 11 is 3.04. The summed E-state index contributed by atoms with van der Waals surface area (Å²) < 4.78 is 7.12. The number of thiazole rings is 1. The molecule has 0 aliphatic rings. The van der Waals surface area contributed by atoms with Crippen molar-refractivity contribution in [1.29, 1.82) is 0 Å². The number of esters is 1. The van der Waals surface area contributed by atoms with Crippen LogP contribution in [0.15, 0.2) is 40.1 Å². The summed E-state index contributed by atoms with van der Waals surface area (Å²) in [6.45, 7) is 5.23. The first-order chi connectivity index (χ1) is 13.9. The lowest BCUT2D eigenvalue weighted by molar-refractivity contribution is -0.123. The fourth-order valence-corrected chi connectivity index (χ4v) is 4.29. The van der Waals surface area contributed by atoms with Crippen LogP contribution >= 0.6 is 23.1 Å². The Balaban J connectivity index is 1.65. The molecule has 2 heterocycles. The molecule has 0 saturated heterocycles. The summed E-state index contributed by atoms with van der Waals surface area (Å²) in [4.78, 5) is 30.3. The predicted octanol–water partition coefficient (Wildman–Crippen LogP) is 3.97. The van der Waals surface area contributed by atoms with Gasteiger partial charge in [-0.2, -0.15) is 5.10 Å². The minimum atomic E-state index is -0.946. The summed E-state index contributed by atoms with van der Waals surface area (Å²) in [6, 6.07) is 7.20. The van der Waals surface area contributed by atoms with Crippen molar-refractivity contribution in [3.63, 3.8) is 0 Å². The van der Waals surface area contributed by atoms with Crippen LogP contribution in [-0.2, 0) is 22.3 Å². The minimum absolute atomic E-state index is 0.398. The molecular formula is C20H22N4O3S2. The molecule has 1 aromatic carbocycles. The number of thioether (sulfide) groups is 1. The van der Waals surface area contributed by atoms with Crippen LogP contribution in [0.25, 0.3) is 0 Å². The van der Waals surface area contributed by atoms with Gasteiger partial charge in [-0.15, -0.1) is 23.1 Å². The Labute approximate surface area is 177 Å². The lowest BCUT2D eigenvalue weighted by atomic mass is 10.2. The highest BCUT2D eigenvalue weighted by Crippen LogP contribution is 2.27. The van der Waals surface area contributed by atoms with E-state index in [4.69, 9.17) is 4.74 Å². The van der Waals surface area contributed by atoms with E-state index >= 15 is 0 Å². The molecule has 0 spiro atoms. The van der Waals surface area contributed by atoms with Gasteiger partial charge in [0.1, 0.15) is 0 Å². The molecule has 1 unspecified atom stereocenters. The number of nitrogens with one attached hydrogen (secondary N) is 1. The summed E-state index contributed by atoms with van der Waals surface area (Å²) in [5, 5.41) is 9.05. The molecule has 0 radical (unpaired) electrons. The molecule has 1 N–H and O–H groups in total. The first-order valence-corrected chi connectivity index (χ1v) is 10.9. The molecule has 3 aromatic rings. The summed E-state index contributed by atoms with van der Waals surface area (Å²) in [5.74, 6) is -0.276. The third kappa shape index (κ3) is 5.04. The monoisotopic (exact) mass is 430 g/mol. The highest BCUT2D eigenvalue weighted by atomic mass is 32.2. The molecule has 9 heteroatoms. The third-order valence-corrected chi connectivity index (χ3v) is 6.12. The van der Waals surface area contributed by atoms with Crippen molar-refractivity contribution in [2.24, 2.45) is 7.05 Å². The zero-order valence-corrected chi connectivity index (χ0v) is 18.3. The van der Waals surface area contributed by atoms with Crippen LogP contribution in [-0.4, -0.2) is 32.7 Å². The van der Waals surface area contributed by atoms with Gasteiger partial charge in [0.05, 0.1) is 33.8 Å². The van der Waals surface area contributed by atoms with Gasteiger partial charge in [-0.05, 0) is 32.9 Å². The van der Waals surface area contributed by atoms with Gasteiger partial charge in [0.25, 0.3) is 5.91 Å². The second-order valence-electron chi connectivity index (χ2n) is 6.47. The summed E-state index contributed by atoms with van der Waals surface area (Å²) in [6.07, 6.45) is -0.946. The molecule has 0 fully saturated rings. The van der Waals surface area contributed by atoms with Crippen molar-refractivity contribution in [3.05, 3.63) is 57.8 Å². The topological polar surface area (TPSA) is 86.1 Å². The van der Waals surface area contributed by atoms with Gasteiger partial charge in [-0.1, -0.05) is 12.1 Å². The second-order valence-corrected chi connectivity index (χ2v) is 8.21. The van der Waals surface area contributed by atoms with E-state index in [1.807, 2.05) is 38.4 Å². The number of aromatic nitrogens is 3. The van der Waals surface area contributed by atoms with E-state index in [2.05, 4.69) is 15.4 Å². The van der Waals surface area contributed by atoms with Crippen LogP contribution in [0.2, 0.25) is 0 Å². The Morgan fingerprint density at radius 2 is 2.07 bits per heavy atom. The van der Waals surface area contributed by atoms with Gasteiger partial charge in [0.15, 0.2) is 6.10 Å². The molecular weight excluding hydrogens is 408 g/mol. The van der Waals surface area contributed by atoms with Gasteiger partial charge in [0.2, 0.25) is 0 Å². The molecule has 152 valence electrons. The van der Waals surface area contributed by atoms with Gasteiger partial charge in [0, 0.05) is 23.1 Å². The standard InChI is InChI=1S/C20H22N4O3S2/c1-12-18(13(2)24(4)23-12)22-19(25)14(3)27-20(26)16-7-5-6-8-17(16)29-10-15-9-28-11-21-15/h5-9,11,14H,10H2,1-4H3,(H,22,25). The highest BCUT2D eigenvalue weighted by molar-refractivity contribution is 7.98. The Hall–Kier alpha value is -2.65. The quantitative estimate of drug-likeness (QED) is 0.451. The molecule has 0 aliphatic carbocycles. The first-order valence-electron chi connectivity index (χ1n) is 8.97.